The van der Waals surface area contributed by atoms with E-state index < -0.39 is 0 Å². The molecule has 3 N–H and O–H groups in total. The van der Waals surface area contributed by atoms with Gasteiger partial charge >= 0.3 is 0 Å². The first kappa shape index (κ1) is 23.8. The number of nitrogens with one attached hydrogen (secondary N) is 3. The minimum atomic E-state index is -0.182. The van der Waals surface area contributed by atoms with E-state index in [-0.39, 0.29) is 23.8 Å². The number of hydrogen-bond acceptors (Lipinski definition) is 6. The van der Waals surface area contributed by atoms with E-state index in [2.05, 4.69) is 16.0 Å². The Kier molecular flexibility index (Phi) is 15.5. The van der Waals surface area contributed by atoms with Crippen LogP contribution in [0.25, 0.3) is 0 Å². The third-order valence-corrected chi connectivity index (χ3v) is 3.44. The second kappa shape index (κ2) is 16.3. The fraction of sp³-hybridized carbons (Fsp3) is 0.882. The minimum absolute atomic E-state index is 0.00961. The lowest BCUT2D eigenvalue weighted by Gasteiger charge is -2.19. The van der Waals surface area contributed by atoms with Crippen molar-refractivity contribution in [3.8, 4) is 0 Å². The molecule has 0 saturated heterocycles. The molecule has 0 aromatic carbocycles. The van der Waals surface area contributed by atoms with Crippen molar-refractivity contribution >= 4 is 11.8 Å². The van der Waals surface area contributed by atoms with Crippen molar-refractivity contribution in [2.45, 2.75) is 33.2 Å². The highest BCUT2D eigenvalue weighted by Crippen LogP contribution is 2.00. The number of carbonyl (C=O) groups is 2. The zero-order valence-electron chi connectivity index (χ0n) is 16.1. The maximum absolute atomic E-state index is 11.9. The first-order valence-electron chi connectivity index (χ1n) is 8.97. The molecule has 8 nitrogen and oxygen atoms in total. The number of amides is 2. The van der Waals surface area contributed by atoms with Crippen molar-refractivity contribution < 1.29 is 23.8 Å². The van der Waals surface area contributed by atoms with Crippen molar-refractivity contribution in [1.82, 2.24) is 16.0 Å². The molecule has 0 aliphatic carbocycles. The predicted molar refractivity (Wildman–Crippen MR) is 96.5 cm³/mol. The maximum atomic E-state index is 11.9. The monoisotopic (exact) mass is 361 g/mol. The summed E-state index contributed by atoms with van der Waals surface area (Å²) < 4.78 is 16.1. The first-order chi connectivity index (χ1) is 12.0. The van der Waals surface area contributed by atoms with E-state index in [4.69, 9.17) is 14.2 Å². The van der Waals surface area contributed by atoms with Crippen LogP contribution in [0.2, 0.25) is 0 Å². The van der Waals surface area contributed by atoms with E-state index >= 15 is 0 Å². The molecule has 0 bridgehead atoms. The van der Waals surface area contributed by atoms with Crippen LogP contribution in [0.1, 0.15) is 27.2 Å². The highest BCUT2D eigenvalue weighted by molar-refractivity contribution is 5.81. The van der Waals surface area contributed by atoms with Crippen LogP contribution < -0.4 is 16.0 Å². The van der Waals surface area contributed by atoms with Gasteiger partial charge in [-0.15, -0.1) is 0 Å². The maximum Gasteiger partial charge on any atom is 0.237 e. The van der Waals surface area contributed by atoms with Gasteiger partial charge in [-0.1, -0.05) is 20.8 Å². The summed E-state index contributed by atoms with van der Waals surface area (Å²) in [5.41, 5.74) is 0. The summed E-state index contributed by atoms with van der Waals surface area (Å²) in [6.07, 6.45) is 0.487. The Bertz CT molecular complexity index is 353. The quantitative estimate of drug-likeness (QED) is 0.333. The lowest BCUT2D eigenvalue weighted by Crippen LogP contribution is -2.46. The fourth-order valence-electron chi connectivity index (χ4n) is 2.05. The molecular formula is C17H35N3O5. The normalized spacial score (nSPS) is 12.2. The fourth-order valence-corrected chi connectivity index (χ4v) is 2.05. The molecule has 0 rings (SSSR count). The smallest absolute Gasteiger partial charge is 0.237 e. The van der Waals surface area contributed by atoms with E-state index in [9.17, 15) is 9.59 Å². The summed E-state index contributed by atoms with van der Waals surface area (Å²) in [5, 5.41) is 8.57. The lowest BCUT2D eigenvalue weighted by atomic mass is 10.0. The lowest BCUT2D eigenvalue weighted by molar-refractivity contribution is -0.124. The summed E-state index contributed by atoms with van der Waals surface area (Å²) in [6.45, 7) is 9.68. The third kappa shape index (κ3) is 13.7. The van der Waals surface area contributed by atoms with Gasteiger partial charge in [-0.05, 0) is 13.0 Å². The molecule has 0 aromatic rings. The van der Waals surface area contributed by atoms with Crippen molar-refractivity contribution in [2.75, 3.05) is 59.8 Å². The molecule has 0 aromatic heterocycles. The molecular weight excluding hydrogens is 326 g/mol. The topological polar surface area (TPSA) is 97.9 Å². The number of rotatable bonds is 16. The van der Waals surface area contributed by atoms with Gasteiger partial charge in [-0.25, -0.2) is 0 Å². The molecule has 0 saturated carbocycles. The van der Waals surface area contributed by atoms with Gasteiger partial charge in [0.15, 0.2) is 0 Å². The number of carbonyl (C=O) groups excluding carboxylic acids is 2. The SMILES string of the molecule is CCC(=O)NCCOCCOCCOCCNC(=O)[C@H](NC)C(C)C. The molecule has 0 aliphatic heterocycles. The number of hydrogen-bond donors (Lipinski definition) is 3. The molecule has 2 amide bonds. The van der Waals surface area contributed by atoms with Gasteiger partial charge in [0.05, 0.1) is 45.7 Å². The average Bonchev–Trinajstić information content (AvgIpc) is 2.58. The van der Waals surface area contributed by atoms with Crippen LogP contribution in [-0.2, 0) is 23.8 Å². The number of ether oxygens (including phenoxy) is 3. The second-order valence-corrected chi connectivity index (χ2v) is 5.84. The van der Waals surface area contributed by atoms with E-state index in [0.29, 0.717) is 59.2 Å². The Balaban J connectivity index is 3.31. The van der Waals surface area contributed by atoms with Gasteiger partial charge in [0, 0.05) is 19.5 Å². The Morgan fingerprint density at radius 1 is 0.840 bits per heavy atom. The summed E-state index contributed by atoms with van der Waals surface area (Å²) >= 11 is 0. The van der Waals surface area contributed by atoms with Gasteiger partial charge in [0.1, 0.15) is 0 Å². The van der Waals surface area contributed by atoms with Crippen LogP contribution in [0, 0.1) is 5.92 Å². The van der Waals surface area contributed by atoms with E-state index in [0.717, 1.165) is 0 Å². The van der Waals surface area contributed by atoms with Crippen LogP contribution in [0.3, 0.4) is 0 Å². The highest BCUT2D eigenvalue weighted by Gasteiger charge is 2.18. The van der Waals surface area contributed by atoms with Crippen LogP contribution in [0.5, 0.6) is 0 Å². The average molecular weight is 361 g/mol. The summed E-state index contributed by atoms with van der Waals surface area (Å²) in [4.78, 5) is 22.8. The van der Waals surface area contributed by atoms with Gasteiger partial charge in [0.25, 0.3) is 0 Å². The Morgan fingerprint density at radius 3 is 1.76 bits per heavy atom. The second-order valence-electron chi connectivity index (χ2n) is 5.84. The molecule has 148 valence electrons. The summed E-state index contributed by atoms with van der Waals surface area (Å²) in [7, 11) is 1.78. The van der Waals surface area contributed by atoms with Crippen molar-refractivity contribution in [3.05, 3.63) is 0 Å². The molecule has 0 fully saturated rings. The van der Waals surface area contributed by atoms with E-state index in [1.807, 2.05) is 20.8 Å². The van der Waals surface area contributed by atoms with Crippen LogP contribution in [0.4, 0.5) is 0 Å². The standard InChI is InChI=1S/C17H35N3O5/c1-5-15(21)19-6-8-23-10-12-25-13-11-24-9-7-20-17(22)16(18-4)14(2)3/h14,16,18H,5-13H2,1-4H3,(H,19,21)(H,20,22)/t16-/m1/s1. The van der Waals surface area contributed by atoms with Crippen LogP contribution >= 0.6 is 0 Å². The number of likely N-dealkylation sites (N-methyl/N-ethyl adjacent to an activating group) is 1. The molecule has 0 heterocycles. The van der Waals surface area contributed by atoms with Gasteiger partial charge in [0.2, 0.25) is 11.8 Å². The van der Waals surface area contributed by atoms with E-state index in [1.54, 1.807) is 7.05 Å². The largest absolute Gasteiger partial charge is 0.377 e. The van der Waals surface area contributed by atoms with Gasteiger partial charge < -0.3 is 30.2 Å². The molecule has 25 heavy (non-hydrogen) atoms. The zero-order valence-corrected chi connectivity index (χ0v) is 16.1. The van der Waals surface area contributed by atoms with Crippen molar-refractivity contribution in [1.29, 1.82) is 0 Å². The van der Waals surface area contributed by atoms with E-state index in [1.165, 1.54) is 0 Å². The summed E-state index contributed by atoms with van der Waals surface area (Å²) in [6, 6.07) is -0.182. The predicted octanol–water partition coefficient (Wildman–Crippen LogP) is -0.0774. The minimum Gasteiger partial charge on any atom is -0.377 e. The Morgan fingerprint density at radius 2 is 1.32 bits per heavy atom. The van der Waals surface area contributed by atoms with Crippen LogP contribution in [0.15, 0.2) is 0 Å². The first-order valence-corrected chi connectivity index (χ1v) is 8.97. The zero-order chi connectivity index (χ0) is 18.9. The van der Waals surface area contributed by atoms with Gasteiger partial charge in [-0.2, -0.15) is 0 Å². The molecule has 8 heteroatoms. The van der Waals surface area contributed by atoms with Crippen LogP contribution in [-0.4, -0.2) is 77.6 Å². The third-order valence-electron chi connectivity index (χ3n) is 3.44. The molecule has 0 aliphatic rings. The molecule has 0 unspecified atom stereocenters. The molecule has 0 spiro atoms. The summed E-state index contributed by atoms with van der Waals surface area (Å²) in [5.74, 6) is 0.257. The Hall–Kier alpha value is -1.22. The van der Waals surface area contributed by atoms with Crippen molar-refractivity contribution in [3.63, 3.8) is 0 Å². The van der Waals surface area contributed by atoms with Gasteiger partial charge in [-0.3, -0.25) is 9.59 Å². The Labute approximate surface area is 151 Å². The van der Waals surface area contributed by atoms with Crippen molar-refractivity contribution in [2.24, 2.45) is 5.92 Å². The molecule has 1 atom stereocenters. The molecule has 0 radical (unpaired) electrons. The highest BCUT2D eigenvalue weighted by atomic mass is 16.5.